The molecule has 0 aliphatic heterocycles. The zero-order chi connectivity index (χ0) is 15.2. The Kier molecular flexibility index (Phi) is 5.41. The predicted octanol–water partition coefficient (Wildman–Crippen LogP) is 1.89. The minimum absolute atomic E-state index is 0.168. The monoisotopic (exact) mass is 325 g/mol. The molecule has 0 aliphatic rings. The first-order chi connectivity index (χ1) is 10.0. The number of thiazole rings is 1. The number of nitrogens with zero attached hydrogens (tertiary/aromatic N) is 1. The van der Waals surface area contributed by atoms with Crippen molar-refractivity contribution in [3.63, 3.8) is 0 Å². The Morgan fingerprint density at radius 2 is 2.33 bits per heavy atom. The van der Waals surface area contributed by atoms with Gasteiger partial charge in [0.15, 0.2) is 5.13 Å². The number of anilines is 1. The van der Waals surface area contributed by atoms with Crippen LogP contribution in [0.2, 0.25) is 5.02 Å². The molecule has 2 rings (SSSR count). The Labute approximate surface area is 131 Å². The minimum atomic E-state index is -1.13. The lowest BCUT2D eigenvalue weighted by molar-refractivity contribution is -0.304. The Morgan fingerprint density at radius 3 is 3.05 bits per heavy atom. The maximum atomic E-state index is 10.5. The van der Waals surface area contributed by atoms with E-state index < -0.39 is 5.97 Å². The number of carboxylic acid groups (broad SMARTS) is 1. The number of hydrogen-bond acceptors (Lipinski definition) is 6. The van der Waals surface area contributed by atoms with Gasteiger partial charge in [-0.1, -0.05) is 11.6 Å². The van der Waals surface area contributed by atoms with Crippen molar-refractivity contribution in [2.24, 2.45) is 0 Å². The third-order valence-corrected chi connectivity index (χ3v) is 3.73. The van der Waals surface area contributed by atoms with Gasteiger partial charge in [0.1, 0.15) is 12.4 Å². The van der Waals surface area contributed by atoms with E-state index in [0.717, 1.165) is 11.3 Å². The second kappa shape index (κ2) is 7.28. The number of aromatic nitrogens is 1. The van der Waals surface area contributed by atoms with Crippen LogP contribution in [0, 0.1) is 6.92 Å². The SMILES string of the molecule is Cc1cc(Cl)ccc1OCCNc1nc(CC(=O)[O-])cs1. The smallest absolute Gasteiger partial charge is 0.182 e. The molecule has 0 radical (unpaired) electrons. The van der Waals surface area contributed by atoms with Crippen LogP contribution in [0.3, 0.4) is 0 Å². The van der Waals surface area contributed by atoms with Gasteiger partial charge in [0.05, 0.1) is 12.2 Å². The molecule has 1 N–H and O–H groups in total. The van der Waals surface area contributed by atoms with Crippen LogP contribution in [0.15, 0.2) is 23.6 Å². The quantitative estimate of drug-likeness (QED) is 0.787. The molecule has 0 unspecified atom stereocenters. The summed E-state index contributed by atoms with van der Waals surface area (Å²) >= 11 is 7.23. The molecule has 0 atom stereocenters. The van der Waals surface area contributed by atoms with Gasteiger partial charge in [0, 0.05) is 22.8 Å². The lowest BCUT2D eigenvalue weighted by atomic mass is 10.2. The highest BCUT2D eigenvalue weighted by Crippen LogP contribution is 2.21. The molecule has 0 amide bonds. The fourth-order valence-corrected chi connectivity index (χ4v) is 2.68. The Hall–Kier alpha value is -1.79. The number of hydrogen-bond donors (Lipinski definition) is 1. The van der Waals surface area contributed by atoms with Crippen LogP contribution in [0.25, 0.3) is 0 Å². The molecule has 7 heteroatoms. The molecule has 1 aromatic heterocycles. The van der Waals surface area contributed by atoms with Crippen molar-refractivity contribution in [2.45, 2.75) is 13.3 Å². The van der Waals surface area contributed by atoms with Crippen LogP contribution >= 0.6 is 22.9 Å². The van der Waals surface area contributed by atoms with E-state index in [2.05, 4.69) is 10.3 Å². The van der Waals surface area contributed by atoms with Crippen molar-refractivity contribution in [1.29, 1.82) is 0 Å². The molecule has 1 heterocycles. The molecule has 21 heavy (non-hydrogen) atoms. The van der Waals surface area contributed by atoms with Crippen LogP contribution in [0.4, 0.5) is 5.13 Å². The van der Waals surface area contributed by atoms with Crippen molar-refractivity contribution in [2.75, 3.05) is 18.5 Å². The fourth-order valence-electron chi connectivity index (χ4n) is 1.71. The number of aliphatic carboxylic acids is 1. The molecule has 0 saturated heterocycles. The largest absolute Gasteiger partial charge is 0.550 e. The summed E-state index contributed by atoms with van der Waals surface area (Å²) in [5.41, 5.74) is 1.48. The summed E-state index contributed by atoms with van der Waals surface area (Å²) in [6.45, 7) is 2.97. The summed E-state index contributed by atoms with van der Waals surface area (Å²) in [4.78, 5) is 14.6. The summed E-state index contributed by atoms with van der Waals surface area (Å²) in [7, 11) is 0. The third kappa shape index (κ3) is 4.91. The maximum absolute atomic E-state index is 10.5. The average molecular weight is 326 g/mol. The summed E-state index contributed by atoms with van der Waals surface area (Å²) in [6.07, 6.45) is -0.168. The van der Waals surface area contributed by atoms with E-state index in [1.54, 1.807) is 11.4 Å². The van der Waals surface area contributed by atoms with Crippen LogP contribution in [0.5, 0.6) is 5.75 Å². The van der Waals surface area contributed by atoms with Crippen molar-refractivity contribution >= 4 is 34.0 Å². The van der Waals surface area contributed by atoms with E-state index in [-0.39, 0.29) is 6.42 Å². The van der Waals surface area contributed by atoms with E-state index in [1.807, 2.05) is 19.1 Å². The van der Waals surface area contributed by atoms with Gasteiger partial charge in [-0.15, -0.1) is 11.3 Å². The van der Waals surface area contributed by atoms with Crippen molar-refractivity contribution < 1.29 is 14.6 Å². The number of halogens is 1. The number of benzene rings is 1. The molecule has 5 nitrogen and oxygen atoms in total. The van der Waals surface area contributed by atoms with Gasteiger partial charge in [-0.25, -0.2) is 4.98 Å². The van der Waals surface area contributed by atoms with Crippen LogP contribution in [-0.2, 0) is 11.2 Å². The highest BCUT2D eigenvalue weighted by Gasteiger charge is 2.03. The first-order valence-electron chi connectivity index (χ1n) is 6.31. The summed E-state index contributed by atoms with van der Waals surface area (Å²) in [5, 5.41) is 16.6. The molecule has 0 saturated carbocycles. The molecule has 0 aliphatic carbocycles. The average Bonchev–Trinajstić information content (AvgIpc) is 2.83. The first-order valence-corrected chi connectivity index (χ1v) is 7.57. The van der Waals surface area contributed by atoms with Gasteiger partial charge < -0.3 is 20.0 Å². The van der Waals surface area contributed by atoms with Gasteiger partial charge in [0.2, 0.25) is 0 Å². The molecule has 1 aromatic carbocycles. The number of aryl methyl sites for hydroxylation is 1. The summed E-state index contributed by atoms with van der Waals surface area (Å²) in [6, 6.07) is 5.46. The van der Waals surface area contributed by atoms with Crippen molar-refractivity contribution in [3.8, 4) is 5.75 Å². The number of ether oxygens (including phenoxy) is 1. The summed E-state index contributed by atoms with van der Waals surface area (Å²) in [5.74, 6) is -0.341. The second-order valence-corrected chi connectivity index (χ2v) is 5.67. The number of carboxylic acids is 1. The second-order valence-electron chi connectivity index (χ2n) is 4.38. The molecular formula is C14H14ClN2O3S-. The molecule has 0 bridgehead atoms. The molecule has 2 aromatic rings. The minimum Gasteiger partial charge on any atom is -0.550 e. The van der Waals surface area contributed by atoms with E-state index >= 15 is 0 Å². The third-order valence-electron chi connectivity index (χ3n) is 2.65. The maximum Gasteiger partial charge on any atom is 0.182 e. The molecule has 0 spiro atoms. The first kappa shape index (κ1) is 15.6. The van der Waals surface area contributed by atoms with E-state index in [1.165, 1.54) is 11.3 Å². The lowest BCUT2D eigenvalue weighted by Crippen LogP contribution is -2.24. The van der Waals surface area contributed by atoms with Gasteiger partial charge in [0.25, 0.3) is 0 Å². The van der Waals surface area contributed by atoms with Crippen molar-refractivity contribution in [3.05, 3.63) is 39.9 Å². The van der Waals surface area contributed by atoms with Gasteiger partial charge in [-0.2, -0.15) is 0 Å². The normalized spacial score (nSPS) is 10.4. The Bertz CT molecular complexity index is 630. The zero-order valence-corrected chi connectivity index (χ0v) is 13.0. The predicted molar refractivity (Wildman–Crippen MR) is 81.0 cm³/mol. The Balaban J connectivity index is 1.76. The highest BCUT2D eigenvalue weighted by molar-refractivity contribution is 7.13. The van der Waals surface area contributed by atoms with Crippen LogP contribution in [-0.4, -0.2) is 24.1 Å². The highest BCUT2D eigenvalue weighted by atomic mass is 35.5. The standard InChI is InChI=1S/C14H15ClN2O3S/c1-9-6-10(15)2-3-12(9)20-5-4-16-14-17-11(8-21-14)7-13(18)19/h2-3,6,8H,4-5,7H2,1H3,(H,16,17)(H,18,19)/p-1. The van der Waals surface area contributed by atoms with Gasteiger partial charge >= 0.3 is 0 Å². The molecular weight excluding hydrogens is 312 g/mol. The number of rotatable bonds is 7. The zero-order valence-electron chi connectivity index (χ0n) is 11.4. The van der Waals surface area contributed by atoms with E-state index in [0.29, 0.717) is 29.0 Å². The van der Waals surface area contributed by atoms with Crippen molar-refractivity contribution in [1.82, 2.24) is 4.98 Å². The number of carbonyl (C=O) groups excluding carboxylic acids is 1. The number of carbonyl (C=O) groups is 1. The Morgan fingerprint density at radius 1 is 1.52 bits per heavy atom. The number of nitrogens with one attached hydrogen (secondary N) is 1. The van der Waals surface area contributed by atoms with Crippen LogP contribution < -0.4 is 15.2 Å². The van der Waals surface area contributed by atoms with Crippen LogP contribution in [0.1, 0.15) is 11.3 Å². The summed E-state index contributed by atoms with van der Waals surface area (Å²) < 4.78 is 5.64. The lowest BCUT2D eigenvalue weighted by Gasteiger charge is -2.09. The molecule has 112 valence electrons. The molecule has 0 fully saturated rings. The topological polar surface area (TPSA) is 74.3 Å². The van der Waals surface area contributed by atoms with E-state index in [4.69, 9.17) is 16.3 Å². The van der Waals surface area contributed by atoms with Gasteiger partial charge in [-0.3, -0.25) is 0 Å². The fraction of sp³-hybridized carbons (Fsp3) is 0.286. The van der Waals surface area contributed by atoms with Gasteiger partial charge in [-0.05, 0) is 30.7 Å². The van der Waals surface area contributed by atoms with E-state index in [9.17, 15) is 9.90 Å².